The van der Waals surface area contributed by atoms with Crippen LogP contribution in [0.3, 0.4) is 0 Å². The minimum Gasteiger partial charge on any atom is -0.389 e. The molecule has 5 heteroatoms. The Morgan fingerprint density at radius 2 is 1.68 bits per heavy atom. The summed E-state index contributed by atoms with van der Waals surface area (Å²) in [5.74, 6) is 0. The first-order valence-corrected chi connectivity index (χ1v) is 8.77. The minimum atomic E-state index is -0.919. The zero-order chi connectivity index (χ0) is 16.5. The topological polar surface area (TPSA) is 33.1 Å². The average molecular weight is 358 g/mol. The van der Waals surface area contributed by atoms with E-state index in [4.69, 9.17) is 23.2 Å². The molecule has 0 aliphatic heterocycles. The summed E-state index contributed by atoms with van der Waals surface area (Å²) in [6.45, 7) is 8.07. The van der Waals surface area contributed by atoms with Crippen molar-refractivity contribution in [1.29, 1.82) is 0 Å². The molecule has 0 saturated heterocycles. The molecule has 1 aromatic carbocycles. The van der Waals surface area contributed by atoms with Crippen LogP contribution in [0, 0.1) is 12.3 Å². The molecule has 0 aliphatic rings. The molecule has 0 bridgehead atoms. The Kier molecular flexibility index (Phi) is 5.23. The van der Waals surface area contributed by atoms with Crippen molar-refractivity contribution in [3.63, 3.8) is 0 Å². The zero-order valence-corrected chi connectivity index (χ0v) is 15.6. The third-order valence-corrected chi connectivity index (χ3v) is 5.94. The number of benzene rings is 1. The number of nitrogens with zero attached hydrogens (tertiary/aromatic N) is 1. The summed E-state index contributed by atoms with van der Waals surface area (Å²) in [4.78, 5) is 4.84. The van der Waals surface area contributed by atoms with Crippen LogP contribution in [0.1, 0.15) is 36.8 Å². The summed E-state index contributed by atoms with van der Waals surface area (Å²) in [5.41, 5.74) is 1.21. The second-order valence-corrected chi connectivity index (χ2v) is 8.70. The lowest BCUT2D eigenvalue weighted by atomic mass is 9.70. The van der Waals surface area contributed by atoms with E-state index in [1.165, 1.54) is 22.5 Å². The smallest absolute Gasteiger partial charge is 0.185 e. The second-order valence-electron chi connectivity index (χ2n) is 6.68. The van der Waals surface area contributed by atoms with Crippen molar-refractivity contribution in [3.05, 3.63) is 49.9 Å². The number of hydrogen-bond acceptors (Lipinski definition) is 3. The van der Waals surface area contributed by atoms with Crippen molar-refractivity contribution < 1.29 is 5.11 Å². The number of rotatable bonds is 5. The highest BCUT2D eigenvalue weighted by molar-refractivity contribution is 7.16. The van der Waals surface area contributed by atoms with Gasteiger partial charge in [-0.1, -0.05) is 66.9 Å². The molecule has 1 N–H and O–H groups in total. The molecule has 0 saturated carbocycles. The van der Waals surface area contributed by atoms with E-state index in [2.05, 4.69) is 50.0 Å². The van der Waals surface area contributed by atoms with Crippen molar-refractivity contribution in [3.8, 4) is 0 Å². The fourth-order valence-electron chi connectivity index (χ4n) is 2.37. The number of thiazole rings is 1. The molecule has 0 spiro atoms. The van der Waals surface area contributed by atoms with Gasteiger partial charge in [-0.25, -0.2) is 4.98 Å². The summed E-state index contributed by atoms with van der Waals surface area (Å²) in [6.07, 6.45) is 1.22. The van der Waals surface area contributed by atoms with Crippen molar-refractivity contribution in [2.24, 2.45) is 5.41 Å². The van der Waals surface area contributed by atoms with Gasteiger partial charge in [0.1, 0.15) is 5.15 Å². The standard InChI is InChI=1S/C17H21Cl2NOS/c1-11-5-7-12(8-6-11)9-16(2,3)17(4,21)10-13-14(18)20-15(19)22-13/h5-8,21H,9-10H2,1-4H3. The van der Waals surface area contributed by atoms with Crippen molar-refractivity contribution in [2.45, 2.75) is 46.1 Å². The predicted molar refractivity (Wildman–Crippen MR) is 95.1 cm³/mol. The summed E-state index contributed by atoms with van der Waals surface area (Å²) in [7, 11) is 0. The molecule has 0 fully saturated rings. The first-order valence-electron chi connectivity index (χ1n) is 7.19. The van der Waals surface area contributed by atoms with Crippen LogP contribution in [0.4, 0.5) is 0 Å². The van der Waals surface area contributed by atoms with Crippen LogP contribution in [0.25, 0.3) is 0 Å². The molecular formula is C17H21Cl2NOS. The van der Waals surface area contributed by atoms with E-state index in [1.807, 2.05) is 6.92 Å². The maximum atomic E-state index is 11.0. The fraction of sp³-hybridized carbons (Fsp3) is 0.471. The van der Waals surface area contributed by atoms with Crippen LogP contribution in [-0.4, -0.2) is 15.7 Å². The Morgan fingerprint density at radius 3 is 2.18 bits per heavy atom. The number of hydrogen-bond donors (Lipinski definition) is 1. The summed E-state index contributed by atoms with van der Waals surface area (Å²) in [6, 6.07) is 8.42. The maximum absolute atomic E-state index is 11.0. The average Bonchev–Trinajstić information content (AvgIpc) is 2.69. The number of aryl methyl sites for hydroxylation is 1. The Labute approximate surface area is 146 Å². The molecule has 2 nitrogen and oxygen atoms in total. The predicted octanol–water partition coefficient (Wildman–Crippen LogP) is 5.32. The molecule has 1 aromatic heterocycles. The Bertz CT molecular complexity index is 647. The highest BCUT2D eigenvalue weighted by Gasteiger charge is 2.40. The minimum absolute atomic E-state index is 0.317. The molecule has 120 valence electrons. The Hall–Kier alpha value is -0.610. The summed E-state index contributed by atoms with van der Waals surface area (Å²) >= 11 is 13.3. The van der Waals surface area contributed by atoms with Crippen LogP contribution < -0.4 is 0 Å². The van der Waals surface area contributed by atoms with Gasteiger partial charge in [-0.2, -0.15) is 0 Å². The van der Waals surface area contributed by atoms with E-state index in [9.17, 15) is 5.11 Å². The molecule has 0 amide bonds. The second kappa shape index (κ2) is 6.48. The van der Waals surface area contributed by atoms with Gasteiger partial charge in [-0.05, 0) is 31.2 Å². The van der Waals surface area contributed by atoms with E-state index in [0.29, 0.717) is 16.0 Å². The van der Waals surface area contributed by atoms with E-state index < -0.39 is 5.60 Å². The molecule has 1 unspecified atom stereocenters. The third kappa shape index (κ3) is 4.02. The molecule has 2 rings (SSSR count). The molecule has 2 aromatic rings. The third-order valence-electron chi connectivity index (χ3n) is 4.35. The van der Waals surface area contributed by atoms with Crippen LogP contribution in [0.5, 0.6) is 0 Å². The molecule has 0 aliphatic carbocycles. The Morgan fingerprint density at radius 1 is 1.09 bits per heavy atom. The van der Waals surface area contributed by atoms with E-state index in [-0.39, 0.29) is 5.41 Å². The Balaban J connectivity index is 2.18. The molecular weight excluding hydrogens is 337 g/mol. The molecule has 22 heavy (non-hydrogen) atoms. The van der Waals surface area contributed by atoms with E-state index >= 15 is 0 Å². The SMILES string of the molecule is Cc1ccc(CC(C)(C)C(C)(O)Cc2sc(Cl)nc2Cl)cc1. The molecule has 1 heterocycles. The van der Waals surface area contributed by atoms with Crippen LogP contribution >= 0.6 is 34.5 Å². The van der Waals surface area contributed by atoms with Gasteiger partial charge in [-0.15, -0.1) is 11.3 Å². The molecule has 1 atom stereocenters. The monoisotopic (exact) mass is 357 g/mol. The van der Waals surface area contributed by atoms with Gasteiger partial charge >= 0.3 is 0 Å². The highest BCUT2D eigenvalue weighted by atomic mass is 35.5. The normalized spacial score (nSPS) is 14.9. The first-order chi connectivity index (χ1) is 10.1. The van der Waals surface area contributed by atoms with Gasteiger partial charge < -0.3 is 5.11 Å². The number of aliphatic hydroxyl groups is 1. The van der Waals surface area contributed by atoms with Gasteiger partial charge in [0.05, 0.1) is 5.60 Å². The highest BCUT2D eigenvalue weighted by Crippen LogP contribution is 2.39. The van der Waals surface area contributed by atoms with Gasteiger partial charge in [0.2, 0.25) is 0 Å². The molecule has 0 radical (unpaired) electrons. The van der Waals surface area contributed by atoms with Gasteiger partial charge in [0, 0.05) is 11.3 Å². The van der Waals surface area contributed by atoms with Crippen LogP contribution in [0.15, 0.2) is 24.3 Å². The summed E-state index contributed by atoms with van der Waals surface area (Å²) in [5, 5.41) is 11.4. The maximum Gasteiger partial charge on any atom is 0.185 e. The lowest BCUT2D eigenvalue weighted by molar-refractivity contribution is -0.0500. The fourth-order valence-corrected chi connectivity index (χ4v) is 3.92. The van der Waals surface area contributed by atoms with Crippen LogP contribution in [-0.2, 0) is 12.8 Å². The van der Waals surface area contributed by atoms with E-state index in [1.54, 1.807) is 0 Å². The quantitative estimate of drug-likeness (QED) is 0.785. The zero-order valence-electron chi connectivity index (χ0n) is 13.3. The lowest BCUT2D eigenvalue weighted by Crippen LogP contribution is -2.45. The summed E-state index contributed by atoms with van der Waals surface area (Å²) < 4.78 is 0.409. The van der Waals surface area contributed by atoms with Crippen molar-refractivity contribution in [2.75, 3.05) is 0 Å². The number of halogens is 2. The first kappa shape index (κ1) is 17.7. The van der Waals surface area contributed by atoms with Gasteiger partial charge in [-0.3, -0.25) is 0 Å². The van der Waals surface area contributed by atoms with Gasteiger partial charge in [0.25, 0.3) is 0 Å². The van der Waals surface area contributed by atoms with Crippen LogP contribution in [0.2, 0.25) is 9.62 Å². The largest absolute Gasteiger partial charge is 0.389 e. The number of aromatic nitrogens is 1. The van der Waals surface area contributed by atoms with Crippen molar-refractivity contribution in [1.82, 2.24) is 4.98 Å². The van der Waals surface area contributed by atoms with Gasteiger partial charge in [0.15, 0.2) is 4.47 Å². The lowest BCUT2D eigenvalue weighted by Gasteiger charge is -2.40. The van der Waals surface area contributed by atoms with E-state index in [0.717, 1.165) is 11.3 Å². The van der Waals surface area contributed by atoms with Crippen molar-refractivity contribution >= 4 is 34.5 Å².